The van der Waals surface area contributed by atoms with Crippen molar-refractivity contribution < 1.29 is 9.47 Å². The predicted molar refractivity (Wildman–Crippen MR) is 71.8 cm³/mol. The molecule has 0 heterocycles. The molecule has 0 atom stereocenters. The molecule has 0 saturated carbocycles. The molecule has 1 aromatic carbocycles. The number of ether oxygens (including phenoxy) is 2. The fourth-order valence-electron chi connectivity index (χ4n) is 1.44. The zero-order valence-corrected chi connectivity index (χ0v) is 11.1. The summed E-state index contributed by atoms with van der Waals surface area (Å²) in [5.41, 5.74) is 1.12. The first kappa shape index (κ1) is 13.6. The highest BCUT2D eigenvalue weighted by Crippen LogP contribution is 2.28. The number of likely N-dealkylation sites (N-methyl/N-ethyl adjacent to an activating group) is 1. The lowest BCUT2D eigenvalue weighted by atomic mass is 10.2. The third-order valence-electron chi connectivity index (χ3n) is 2.34. The zero-order chi connectivity index (χ0) is 12.7. The SMILES string of the molecule is C/C=C/c1ccc(OCCN(C)C)c(OC)c1. The first-order valence-corrected chi connectivity index (χ1v) is 5.75. The van der Waals surface area contributed by atoms with Crippen LogP contribution in [-0.2, 0) is 0 Å². The van der Waals surface area contributed by atoms with Crippen LogP contribution in [0.4, 0.5) is 0 Å². The molecule has 0 bridgehead atoms. The minimum absolute atomic E-state index is 0.659. The Balaban J connectivity index is 2.71. The van der Waals surface area contributed by atoms with Crippen LogP contribution in [0, 0.1) is 0 Å². The number of rotatable bonds is 6. The third-order valence-corrected chi connectivity index (χ3v) is 2.34. The molecule has 94 valence electrons. The molecule has 0 aliphatic rings. The summed E-state index contributed by atoms with van der Waals surface area (Å²) in [7, 11) is 5.71. The maximum atomic E-state index is 5.68. The molecule has 0 amide bonds. The molecule has 0 aliphatic heterocycles. The lowest BCUT2D eigenvalue weighted by Crippen LogP contribution is -2.19. The Hall–Kier alpha value is -1.48. The topological polar surface area (TPSA) is 21.7 Å². The van der Waals surface area contributed by atoms with Crippen LogP contribution in [-0.4, -0.2) is 39.3 Å². The van der Waals surface area contributed by atoms with Crippen molar-refractivity contribution in [3.05, 3.63) is 29.8 Å². The maximum absolute atomic E-state index is 5.68. The van der Waals surface area contributed by atoms with Crippen molar-refractivity contribution in [1.82, 2.24) is 4.90 Å². The summed E-state index contributed by atoms with van der Waals surface area (Å²) in [5.74, 6) is 1.57. The van der Waals surface area contributed by atoms with E-state index < -0.39 is 0 Å². The van der Waals surface area contributed by atoms with Gasteiger partial charge in [-0.2, -0.15) is 0 Å². The van der Waals surface area contributed by atoms with Crippen molar-refractivity contribution in [3.63, 3.8) is 0 Å². The van der Waals surface area contributed by atoms with E-state index in [9.17, 15) is 0 Å². The third kappa shape index (κ3) is 4.49. The minimum Gasteiger partial charge on any atom is -0.493 e. The molecule has 1 rings (SSSR count). The number of methoxy groups -OCH3 is 1. The maximum Gasteiger partial charge on any atom is 0.161 e. The van der Waals surface area contributed by atoms with Crippen LogP contribution in [0.2, 0.25) is 0 Å². The van der Waals surface area contributed by atoms with Crippen molar-refractivity contribution in [3.8, 4) is 11.5 Å². The average Bonchev–Trinajstić information content (AvgIpc) is 2.30. The highest BCUT2D eigenvalue weighted by molar-refractivity contribution is 5.55. The molecule has 0 fully saturated rings. The van der Waals surface area contributed by atoms with Crippen molar-refractivity contribution in [1.29, 1.82) is 0 Å². The van der Waals surface area contributed by atoms with Gasteiger partial charge in [-0.3, -0.25) is 0 Å². The van der Waals surface area contributed by atoms with Crippen LogP contribution >= 0.6 is 0 Å². The van der Waals surface area contributed by atoms with E-state index in [2.05, 4.69) is 4.90 Å². The van der Waals surface area contributed by atoms with Gasteiger partial charge >= 0.3 is 0 Å². The van der Waals surface area contributed by atoms with Gasteiger partial charge in [-0.1, -0.05) is 18.2 Å². The lowest BCUT2D eigenvalue weighted by Gasteiger charge is -2.13. The largest absolute Gasteiger partial charge is 0.493 e. The highest BCUT2D eigenvalue weighted by Gasteiger charge is 2.04. The van der Waals surface area contributed by atoms with Gasteiger partial charge < -0.3 is 14.4 Å². The second-order valence-corrected chi connectivity index (χ2v) is 4.06. The monoisotopic (exact) mass is 235 g/mol. The summed E-state index contributed by atoms with van der Waals surface area (Å²) in [6.45, 7) is 3.54. The Labute approximate surface area is 104 Å². The van der Waals surface area contributed by atoms with Crippen LogP contribution in [0.15, 0.2) is 24.3 Å². The van der Waals surface area contributed by atoms with E-state index >= 15 is 0 Å². The molecule has 1 aromatic rings. The normalized spacial score (nSPS) is 11.1. The molecule has 3 heteroatoms. The van der Waals surface area contributed by atoms with Gasteiger partial charge in [0, 0.05) is 6.54 Å². The fourth-order valence-corrected chi connectivity index (χ4v) is 1.44. The second-order valence-electron chi connectivity index (χ2n) is 4.06. The van der Waals surface area contributed by atoms with Crippen molar-refractivity contribution >= 4 is 6.08 Å². The molecular formula is C14H21NO2. The van der Waals surface area contributed by atoms with Crippen molar-refractivity contribution in [2.24, 2.45) is 0 Å². The van der Waals surface area contributed by atoms with Gasteiger partial charge in [0.25, 0.3) is 0 Å². The van der Waals surface area contributed by atoms with E-state index in [1.807, 2.05) is 51.4 Å². The van der Waals surface area contributed by atoms with Crippen LogP contribution in [0.3, 0.4) is 0 Å². The van der Waals surface area contributed by atoms with Crippen LogP contribution in [0.5, 0.6) is 11.5 Å². The van der Waals surface area contributed by atoms with Crippen LogP contribution in [0.1, 0.15) is 12.5 Å². The average molecular weight is 235 g/mol. The van der Waals surface area contributed by atoms with Gasteiger partial charge in [0.05, 0.1) is 7.11 Å². The Morgan fingerprint density at radius 3 is 2.59 bits per heavy atom. The van der Waals surface area contributed by atoms with Gasteiger partial charge in [0.2, 0.25) is 0 Å². The Morgan fingerprint density at radius 2 is 2.00 bits per heavy atom. The van der Waals surface area contributed by atoms with Gasteiger partial charge in [0.1, 0.15) is 6.61 Å². The molecule has 0 aromatic heterocycles. The summed E-state index contributed by atoms with van der Waals surface area (Å²) < 4.78 is 11.0. The van der Waals surface area contributed by atoms with E-state index in [0.29, 0.717) is 6.61 Å². The molecule has 3 nitrogen and oxygen atoms in total. The summed E-state index contributed by atoms with van der Waals surface area (Å²) in [6.07, 6.45) is 4.04. The molecular weight excluding hydrogens is 214 g/mol. The van der Waals surface area contributed by atoms with E-state index in [1.54, 1.807) is 7.11 Å². The Kier molecular flexibility index (Phi) is 5.57. The van der Waals surface area contributed by atoms with E-state index in [0.717, 1.165) is 23.6 Å². The molecule has 0 saturated heterocycles. The first-order valence-electron chi connectivity index (χ1n) is 5.75. The second kappa shape index (κ2) is 6.97. The van der Waals surface area contributed by atoms with E-state index in [1.165, 1.54) is 0 Å². The summed E-state index contributed by atoms with van der Waals surface area (Å²) >= 11 is 0. The lowest BCUT2D eigenvalue weighted by molar-refractivity contribution is 0.250. The minimum atomic E-state index is 0.659. The predicted octanol–water partition coefficient (Wildman–Crippen LogP) is 2.67. The van der Waals surface area contributed by atoms with E-state index in [4.69, 9.17) is 9.47 Å². The number of hydrogen-bond acceptors (Lipinski definition) is 3. The van der Waals surface area contributed by atoms with Gasteiger partial charge in [0.15, 0.2) is 11.5 Å². The summed E-state index contributed by atoms with van der Waals surface area (Å²) in [6, 6.07) is 5.95. The quantitative estimate of drug-likeness (QED) is 0.756. The van der Waals surface area contributed by atoms with E-state index in [-0.39, 0.29) is 0 Å². The molecule has 0 spiro atoms. The molecule has 0 radical (unpaired) electrons. The standard InChI is InChI=1S/C14H21NO2/c1-5-6-12-7-8-13(14(11-12)16-4)17-10-9-15(2)3/h5-8,11H,9-10H2,1-4H3/b6-5+. The molecule has 0 aliphatic carbocycles. The number of hydrogen-bond donors (Lipinski definition) is 0. The number of allylic oxidation sites excluding steroid dienone is 1. The fraction of sp³-hybridized carbons (Fsp3) is 0.429. The number of benzene rings is 1. The van der Waals surface area contributed by atoms with Crippen LogP contribution in [0.25, 0.3) is 6.08 Å². The van der Waals surface area contributed by atoms with Gasteiger partial charge in [-0.15, -0.1) is 0 Å². The zero-order valence-electron chi connectivity index (χ0n) is 11.1. The molecule has 17 heavy (non-hydrogen) atoms. The first-order chi connectivity index (χ1) is 8.17. The van der Waals surface area contributed by atoms with Crippen molar-refractivity contribution in [2.75, 3.05) is 34.4 Å². The Bertz CT molecular complexity index is 372. The Morgan fingerprint density at radius 1 is 1.24 bits per heavy atom. The van der Waals surface area contributed by atoms with Gasteiger partial charge in [-0.25, -0.2) is 0 Å². The smallest absolute Gasteiger partial charge is 0.161 e. The number of nitrogens with zero attached hydrogens (tertiary/aromatic N) is 1. The van der Waals surface area contributed by atoms with Crippen molar-refractivity contribution in [2.45, 2.75) is 6.92 Å². The highest BCUT2D eigenvalue weighted by atomic mass is 16.5. The summed E-state index contributed by atoms with van der Waals surface area (Å²) in [4.78, 5) is 2.08. The van der Waals surface area contributed by atoms with Gasteiger partial charge in [-0.05, 0) is 38.7 Å². The van der Waals surface area contributed by atoms with Crippen LogP contribution < -0.4 is 9.47 Å². The molecule has 0 unspecified atom stereocenters. The molecule has 0 N–H and O–H groups in total. The summed E-state index contributed by atoms with van der Waals surface area (Å²) in [5, 5.41) is 0.